The normalized spacial score (nSPS) is 19.0. The Bertz CT molecular complexity index is 538. The van der Waals surface area contributed by atoms with Crippen LogP contribution in [0.3, 0.4) is 0 Å². The van der Waals surface area contributed by atoms with Crippen LogP contribution < -0.4 is 4.74 Å². The van der Waals surface area contributed by atoms with E-state index in [1.54, 1.807) is 19.0 Å². The van der Waals surface area contributed by atoms with Gasteiger partial charge in [0.2, 0.25) is 0 Å². The third kappa shape index (κ3) is 3.43. The second-order valence-corrected chi connectivity index (χ2v) is 6.63. The summed E-state index contributed by atoms with van der Waals surface area (Å²) in [6.45, 7) is 2.44. The summed E-state index contributed by atoms with van der Waals surface area (Å²) in [4.78, 5) is 15.8. The van der Waals surface area contributed by atoms with Gasteiger partial charge in [0.15, 0.2) is 6.61 Å². The average Bonchev–Trinajstić information content (AvgIpc) is 2.65. The fraction of sp³-hybridized carbons (Fsp3) is 0.611. The van der Waals surface area contributed by atoms with Gasteiger partial charge in [0.1, 0.15) is 5.75 Å². The van der Waals surface area contributed by atoms with Gasteiger partial charge in [-0.25, -0.2) is 0 Å². The molecule has 0 unspecified atom stereocenters. The molecule has 0 spiro atoms. The SMILES string of the molecule is CN(C)C(=O)COc1ccc2c(c1)CCN(C1CCC1)CC2. The first-order chi connectivity index (χ1) is 10.6. The second kappa shape index (κ2) is 6.69. The van der Waals surface area contributed by atoms with Crippen LogP contribution in [0.25, 0.3) is 0 Å². The van der Waals surface area contributed by atoms with Crippen LogP contribution in [0, 0.1) is 0 Å². The fourth-order valence-corrected chi connectivity index (χ4v) is 3.20. The Balaban J connectivity index is 1.62. The Hall–Kier alpha value is -1.55. The van der Waals surface area contributed by atoms with Crippen molar-refractivity contribution in [2.45, 2.75) is 38.1 Å². The largest absolute Gasteiger partial charge is 0.484 e. The van der Waals surface area contributed by atoms with Crippen LogP contribution in [0.4, 0.5) is 0 Å². The third-order valence-corrected chi connectivity index (χ3v) is 4.97. The van der Waals surface area contributed by atoms with E-state index in [2.05, 4.69) is 17.0 Å². The molecule has 22 heavy (non-hydrogen) atoms. The first-order valence-corrected chi connectivity index (χ1v) is 8.32. The van der Waals surface area contributed by atoms with Crippen LogP contribution in [0.2, 0.25) is 0 Å². The molecule has 1 aromatic carbocycles. The van der Waals surface area contributed by atoms with Crippen LogP contribution >= 0.6 is 0 Å². The number of benzene rings is 1. The van der Waals surface area contributed by atoms with Gasteiger partial charge in [0, 0.05) is 33.2 Å². The minimum atomic E-state index is -0.00824. The standard InChI is InChI=1S/C18H26N2O2/c1-19(2)18(21)13-22-17-7-6-14-8-10-20(16-4-3-5-16)11-9-15(14)12-17/h6-7,12,16H,3-5,8-11,13H2,1-2H3. The van der Waals surface area contributed by atoms with Crippen LogP contribution in [0.15, 0.2) is 18.2 Å². The molecule has 0 bridgehead atoms. The lowest BCUT2D eigenvalue weighted by Gasteiger charge is -2.36. The predicted molar refractivity (Wildman–Crippen MR) is 87.3 cm³/mol. The monoisotopic (exact) mass is 302 g/mol. The minimum Gasteiger partial charge on any atom is -0.484 e. The van der Waals surface area contributed by atoms with Crippen molar-refractivity contribution in [3.8, 4) is 5.75 Å². The molecule has 0 N–H and O–H groups in total. The van der Waals surface area contributed by atoms with Crippen LogP contribution in [-0.2, 0) is 17.6 Å². The number of hydrogen-bond acceptors (Lipinski definition) is 3. The molecule has 0 radical (unpaired) electrons. The number of carbonyl (C=O) groups is 1. The quantitative estimate of drug-likeness (QED) is 0.854. The van der Waals surface area contributed by atoms with E-state index in [0.717, 1.165) is 31.2 Å². The Morgan fingerprint density at radius 1 is 1.23 bits per heavy atom. The Kier molecular flexibility index (Phi) is 4.67. The van der Waals surface area contributed by atoms with E-state index in [-0.39, 0.29) is 12.5 Å². The van der Waals surface area contributed by atoms with Gasteiger partial charge in [-0.2, -0.15) is 0 Å². The number of ether oxygens (including phenoxy) is 1. The lowest BCUT2D eigenvalue weighted by atomic mass is 9.91. The maximum atomic E-state index is 11.6. The summed E-state index contributed by atoms with van der Waals surface area (Å²) in [7, 11) is 3.50. The molecule has 3 rings (SSSR count). The first kappa shape index (κ1) is 15.3. The number of carbonyl (C=O) groups excluding carboxylic acids is 1. The number of nitrogens with zero attached hydrogens (tertiary/aromatic N) is 2. The second-order valence-electron chi connectivity index (χ2n) is 6.63. The molecule has 1 amide bonds. The van der Waals surface area contributed by atoms with E-state index in [1.807, 2.05) is 6.07 Å². The summed E-state index contributed by atoms with van der Waals surface area (Å²) in [5.41, 5.74) is 2.82. The van der Waals surface area contributed by atoms with Gasteiger partial charge >= 0.3 is 0 Å². The number of likely N-dealkylation sites (N-methyl/N-ethyl adjacent to an activating group) is 1. The minimum absolute atomic E-state index is 0.00824. The van der Waals surface area contributed by atoms with Crippen LogP contribution in [0.5, 0.6) is 5.75 Å². The van der Waals surface area contributed by atoms with E-state index >= 15 is 0 Å². The molecular weight excluding hydrogens is 276 g/mol. The Morgan fingerprint density at radius 2 is 1.95 bits per heavy atom. The molecule has 1 aliphatic carbocycles. The average molecular weight is 302 g/mol. The Morgan fingerprint density at radius 3 is 2.59 bits per heavy atom. The molecule has 120 valence electrons. The zero-order valence-corrected chi connectivity index (χ0v) is 13.7. The van der Waals surface area contributed by atoms with Gasteiger partial charge in [0.25, 0.3) is 5.91 Å². The van der Waals surface area contributed by atoms with Gasteiger partial charge in [-0.05, 0) is 48.9 Å². The first-order valence-electron chi connectivity index (χ1n) is 8.32. The number of amides is 1. The molecule has 1 aliphatic heterocycles. The van der Waals surface area contributed by atoms with Gasteiger partial charge in [0.05, 0.1) is 0 Å². The highest BCUT2D eigenvalue weighted by Crippen LogP contribution is 2.28. The molecule has 2 aliphatic rings. The maximum absolute atomic E-state index is 11.6. The van der Waals surface area contributed by atoms with Crippen molar-refractivity contribution in [3.05, 3.63) is 29.3 Å². The summed E-state index contributed by atoms with van der Waals surface area (Å²) in [6, 6.07) is 7.13. The van der Waals surface area contributed by atoms with E-state index < -0.39 is 0 Å². The molecular formula is C18H26N2O2. The van der Waals surface area contributed by atoms with E-state index in [9.17, 15) is 4.79 Å². The highest BCUT2D eigenvalue weighted by atomic mass is 16.5. The van der Waals surface area contributed by atoms with Crippen molar-refractivity contribution < 1.29 is 9.53 Å². The van der Waals surface area contributed by atoms with Gasteiger partial charge in [-0.15, -0.1) is 0 Å². The number of fused-ring (bicyclic) bond motifs is 1. The van der Waals surface area contributed by atoms with Crippen molar-refractivity contribution in [2.75, 3.05) is 33.8 Å². The van der Waals surface area contributed by atoms with E-state index in [4.69, 9.17) is 4.74 Å². The molecule has 0 aromatic heterocycles. The van der Waals surface area contributed by atoms with E-state index in [0.29, 0.717) is 0 Å². The maximum Gasteiger partial charge on any atom is 0.259 e. The van der Waals surface area contributed by atoms with Crippen LogP contribution in [0.1, 0.15) is 30.4 Å². The Labute approximate surface area is 133 Å². The summed E-state index contributed by atoms with van der Waals surface area (Å²) in [5.74, 6) is 0.803. The number of rotatable bonds is 4. The highest BCUT2D eigenvalue weighted by molar-refractivity contribution is 5.77. The summed E-state index contributed by atoms with van der Waals surface area (Å²) >= 11 is 0. The molecule has 4 heteroatoms. The molecule has 0 saturated heterocycles. The molecule has 4 nitrogen and oxygen atoms in total. The summed E-state index contributed by atoms with van der Waals surface area (Å²) in [6.07, 6.45) is 6.36. The van der Waals surface area contributed by atoms with Crippen molar-refractivity contribution in [1.29, 1.82) is 0 Å². The zero-order valence-electron chi connectivity index (χ0n) is 13.7. The van der Waals surface area contributed by atoms with Crippen LogP contribution in [-0.4, -0.2) is 55.5 Å². The molecule has 1 fully saturated rings. The van der Waals surface area contributed by atoms with Crippen molar-refractivity contribution in [3.63, 3.8) is 0 Å². The van der Waals surface area contributed by atoms with Crippen molar-refractivity contribution in [1.82, 2.24) is 9.80 Å². The third-order valence-electron chi connectivity index (χ3n) is 4.97. The molecule has 1 heterocycles. The molecule has 0 atom stereocenters. The molecule has 1 aromatic rings. The summed E-state index contributed by atoms with van der Waals surface area (Å²) < 4.78 is 5.64. The zero-order chi connectivity index (χ0) is 15.5. The topological polar surface area (TPSA) is 32.8 Å². The highest BCUT2D eigenvalue weighted by Gasteiger charge is 2.26. The van der Waals surface area contributed by atoms with Gasteiger partial charge in [-0.1, -0.05) is 12.5 Å². The summed E-state index contributed by atoms with van der Waals surface area (Å²) in [5, 5.41) is 0. The van der Waals surface area contributed by atoms with Crippen molar-refractivity contribution >= 4 is 5.91 Å². The molecule has 1 saturated carbocycles. The lowest BCUT2D eigenvalue weighted by molar-refractivity contribution is -0.130. The van der Waals surface area contributed by atoms with Gasteiger partial charge in [-0.3, -0.25) is 9.69 Å². The van der Waals surface area contributed by atoms with Crippen molar-refractivity contribution in [2.24, 2.45) is 0 Å². The van der Waals surface area contributed by atoms with Gasteiger partial charge < -0.3 is 9.64 Å². The van der Waals surface area contributed by atoms with E-state index in [1.165, 1.54) is 36.9 Å². The predicted octanol–water partition coefficient (Wildman–Crippen LogP) is 2.11. The number of hydrogen-bond donors (Lipinski definition) is 0. The lowest BCUT2D eigenvalue weighted by Crippen LogP contribution is -2.41. The smallest absolute Gasteiger partial charge is 0.259 e. The fourth-order valence-electron chi connectivity index (χ4n) is 3.20.